The zero-order chi connectivity index (χ0) is 15.1. The third-order valence-electron chi connectivity index (χ3n) is 3.34. The Kier molecular flexibility index (Phi) is 6.67. The molecule has 0 bridgehead atoms. The highest BCUT2D eigenvalue weighted by molar-refractivity contribution is 5.47. The maximum absolute atomic E-state index is 9.33. The number of aliphatic hydroxyl groups is 2. The molecule has 114 valence electrons. The molecule has 4 N–H and O–H groups in total. The summed E-state index contributed by atoms with van der Waals surface area (Å²) < 4.78 is 0. The minimum Gasteiger partial charge on any atom is -0.394 e. The monoisotopic (exact) mass is 282 g/mol. The maximum Gasteiger partial charge on any atom is 0.131 e. The van der Waals surface area contributed by atoms with Gasteiger partial charge in [0.15, 0.2) is 0 Å². The van der Waals surface area contributed by atoms with Crippen LogP contribution in [0.2, 0.25) is 0 Å². The molecule has 1 aromatic rings. The van der Waals surface area contributed by atoms with E-state index in [1.165, 1.54) is 6.33 Å². The normalized spacial score (nSPS) is 14.4. The Labute approximate surface area is 120 Å². The molecule has 0 aliphatic heterocycles. The number of nitrogens with zero attached hydrogens (tertiary/aromatic N) is 2. The summed E-state index contributed by atoms with van der Waals surface area (Å²) in [7, 11) is 0. The van der Waals surface area contributed by atoms with Gasteiger partial charge in [-0.15, -0.1) is 0 Å². The Morgan fingerprint density at radius 3 is 1.60 bits per heavy atom. The molecule has 0 spiro atoms. The predicted octanol–water partition coefficient (Wildman–Crippen LogP) is 1.33. The van der Waals surface area contributed by atoms with Crippen LogP contribution in [0.3, 0.4) is 0 Å². The van der Waals surface area contributed by atoms with Crippen LogP contribution in [0.25, 0.3) is 0 Å². The van der Waals surface area contributed by atoms with E-state index in [1.807, 2.05) is 27.7 Å². The second-order valence-electron chi connectivity index (χ2n) is 5.64. The summed E-state index contributed by atoms with van der Waals surface area (Å²) in [6.07, 6.45) is 1.47. The number of anilines is 2. The van der Waals surface area contributed by atoms with Crippen LogP contribution in [0.5, 0.6) is 0 Å². The molecule has 6 nitrogen and oxygen atoms in total. The second-order valence-corrected chi connectivity index (χ2v) is 5.64. The van der Waals surface area contributed by atoms with Crippen LogP contribution in [0.1, 0.15) is 27.7 Å². The van der Waals surface area contributed by atoms with E-state index in [1.54, 1.807) is 6.07 Å². The van der Waals surface area contributed by atoms with E-state index in [2.05, 4.69) is 20.6 Å². The van der Waals surface area contributed by atoms with Crippen LogP contribution < -0.4 is 10.6 Å². The largest absolute Gasteiger partial charge is 0.394 e. The van der Waals surface area contributed by atoms with Crippen molar-refractivity contribution in [1.82, 2.24) is 9.97 Å². The molecule has 1 heterocycles. The molecule has 0 aromatic carbocycles. The molecule has 0 unspecified atom stereocenters. The fraction of sp³-hybridized carbons (Fsp3) is 0.714. The smallest absolute Gasteiger partial charge is 0.131 e. The predicted molar refractivity (Wildman–Crippen MR) is 80.7 cm³/mol. The van der Waals surface area contributed by atoms with E-state index in [0.717, 1.165) is 0 Å². The zero-order valence-corrected chi connectivity index (χ0v) is 12.7. The average molecular weight is 282 g/mol. The zero-order valence-electron chi connectivity index (χ0n) is 12.7. The summed E-state index contributed by atoms with van der Waals surface area (Å²) in [4.78, 5) is 8.30. The Hall–Kier alpha value is -1.40. The van der Waals surface area contributed by atoms with E-state index >= 15 is 0 Å². The highest BCUT2D eigenvalue weighted by Gasteiger charge is 2.15. The van der Waals surface area contributed by atoms with Crippen molar-refractivity contribution in [2.45, 2.75) is 39.8 Å². The summed E-state index contributed by atoms with van der Waals surface area (Å²) in [6, 6.07) is 1.70. The summed E-state index contributed by atoms with van der Waals surface area (Å²) >= 11 is 0. The number of aliphatic hydroxyl groups excluding tert-OH is 2. The van der Waals surface area contributed by atoms with Gasteiger partial charge in [-0.25, -0.2) is 9.97 Å². The van der Waals surface area contributed by atoms with Crippen molar-refractivity contribution in [3.05, 3.63) is 12.4 Å². The lowest BCUT2D eigenvalue weighted by Gasteiger charge is -2.22. The third kappa shape index (κ3) is 4.94. The van der Waals surface area contributed by atoms with Crippen molar-refractivity contribution >= 4 is 11.6 Å². The minimum absolute atomic E-state index is 0.0449. The lowest BCUT2D eigenvalue weighted by molar-refractivity contribution is 0.248. The Balaban J connectivity index is 2.75. The highest BCUT2D eigenvalue weighted by Crippen LogP contribution is 2.15. The van der Waals surface area contributed by atoms with Gasteiger partial charge in [-0.1, -0.05) is 27.7 Å². The van der Waals surface area contributed by atoms with Gasteiger partial charge in [0.2, 0.25) is 0 Å². The van der Waals surface area contributed by atoms with Crippen molar-refractivity contribution in [2.24, 2.45) is 11.8 Å². The van der Waals surface area contributed by atoms with E-state index < -0.39 is 0 Å². The van der Waals surface area contributed by atoms with Gasteiger partial charge >= 0.3 is 0 Å². The van der Waals surface area contributed by atoms with Gasteiger partial charge in [-0.2, -0.15) is 0 Å². The lowest BCUT2D eigenvalue weighted by Crippen LogP contribution is -2.31. The first-order chi connectivity index (χ1) is 9.47. The van der Waals surface area contributed by atoms with E-state index in [4.69, 9.17) is 0 Å². The van der Waals surface area contributed by atoms with Crippen LogP contribution in [-0.4, -0.2) is 45.5 Å². The quantitative estimate of drug-likeness (QED) is 0.575. The van der Waals surface area contributed by atoms with Crippen molar-refractivity contribution in [3.8, 4) is 0 Å². The molecule has 0 radical (unpaired) electrons. The molecule has 0 aliphatic carbocycles. The van der Waals surface area contributed by atoms with Gasteiger partial charge in [0.1, 0.15) is 18.0 Å². The maximum atomic E-state index is 9.33. The summed E-state index contributed by atoms with van der Waals surface area (Å²) in [6.45, 7) is 8.25. The molecule has 1 rings (SSSR count). The van der Waals surface area contributed by atoms with Crippen molar-refractivity contribution < 1.29 is 10.2 Å². The van der Waals surface area contributed by atoms with Gasteiger partial charge in [0.25, 0.3) is 0 Å². The van der Waals surface area contributed by atoms with Gasteiger partial charge in [0, 0.05) is 6.07 Å². The molecule has 0 saturated heterocycles. The van der Waals surface area contributed by atoms with Crippen LogP contribution in [0.4, 0.5) is 11.6 Å². The number of hydrogen-bond acceptors (Lipinski definition) is 6. The van der Waals surface area contributed by atoms with Gasteiger partial charge in [0.05, 0.1) is 25.3 Å². The molecule has 0 amide bonds. The topological polar surface area (TPSA) is 90.3 Å². The van der Waals surface area contributed by atoms with Crippen molar-refractivity contribution in [3.63, 3.8) is 0 Å². The SMILES string of the molecule is CC(C)[C@@H](CO)Nc1cc(N[C@H](CO)C(C)C)ncn1. The van der Waals surface area contributed by atoms with E-state index in [9.17, 15) is 10.2 Å². The first-order valence-electron chi connectivity index (χ1n) is 7.04. The molecule has 20 heavy (non-hydrogen) atoms. The van der Waals surface area contributed by atoms with Gasteiger partial charge in [-0.3, -0.25) is 0 Å². The van der Waals surface area contributed by atoms with Gasteiger partial charge < -0.3 is 20.8 Å². The average Bonchev–Trinajstić information content (AvgIpc) is 2.41. The fourth-order valence-electron chi connectivity index (χ4n) is 1.74. The molecule has 2 atom stereocenters. The minimum atomic E-state index is -0.0449. The number of nitrogens with one attached hydrogen (secondary N) is 2. The van der Waals surface area contributed by atoms with Crippen LogP contribution in [-0.2, 0) is 0 Å². The van der Waals surface area contributed by atoms with Crippen LogP contribution in [0, 0.1) is 11.8 Å². The van der Waals surface area contributed by atoms with E-state index in [0.29, 0.717) is 23.5 Å². The van der Waals surface area contributed by atoms with Crippen molar-refractivity contribution in [1.29, 1.82) is 0 Å². The number of hydrogen-bond donors (Lipinski definition) is 4. The number of aromatic nitrogens is 2. The molecule has 1 aromatic heterocycles. The first-order valence-corrected chi connectivity index (χ1v) is 7.04. The molecule has 0 saturated carbocycles. The molecule has 6 heteroatoms. The number of rotatable bonds is 8. The highest BCUT2D eigenvalue weighted by atomic mass is 16.3. The molecule has 0 fully saturated rings. The fourth-order valence-corrected chi connectivity index (χ4v) is 1.74. The molecular weight excluding hydrogens is 256 g/mol. The standard InChI is InChI=1S/C14H26N4O2/c1-9(2)11(6-19)17-13-5-14(16-8-15-13)18-12(7-20)10(3)4/h5,8-12,19-20H,6-7H2,1-4H3,(H2,15,16,17,18)/t11-,12-/m1/s1. The second kappa shape index (κ2) is 8.01. The summed E-state index contributed by atoms with van der Waals surface area (Å²) in [5.41, 5.74) is 0. The summed E-state index contributed by atoms with van der Waals surface area (Å²) in [5.74, 6) is 1.92. The van der Waals surface area contributed by atoms with Crippen LogP contribution >= 0.6 is 0 Å². The Morgan fingerprint density at radius 1 is 0.900 bits per heavy atom. The van der Waals surface area contributed by atoms with Crippen molar-refractivity contribution in [2.75, 3.05) is 23.8 Å². The molecular formula is C14H26N4O2. The summed E-state index contributed by atoms with van der Waals surface area (Å²) in [5, 5.41) is 25.0. The van der Waals surface area contributed by atoms with Gasteiger partial charge in [-0.05, 0) is 11.8 Å². The third-order valence-corrected chi connectivity index (χ3v) is 3.34. The Bertz CT molecular complexity index is 365. The van der Waals surface area contributed by atoms with Crippen LogP contribution in [0.15, 0.2) is 12.4 Å². The first kappa shape index (κ1) is 16.7. The molecule has 0 aliphatic rings. The Morgan fingerprint density at radius 2 is 1.30 bits per heavy atom. The van der Waals surface area contributed by atoms with E-state index in [-0.39, 0.29) is 25.3 Å². The lowest BCUT2D eigenvalue weighted by atomic mass is 10.1.